The van der Waals surface area contributed by atoms with Gasteiger partial charge in [0.2, 0.25) is 0 Å². The van der Waals surface area contributed by atoms with Crippen LogP contribution in [0.4, 0.5) is 0 Å². The Kier molecular flexibility index (Phi) is 16.9. The third-order valence-corrected chi connectivity index (χ3v) is 9.17. The lowest BCUT2D eigenvalue weighted by atomic mass is 10.2. The second-order valence-electron chi connectivity index (χ2n) is 8.02. The minimum atomic E-state index is -1.66. The summed E-state index contributed by atoms with van der Waals surface area (Å²) in [6, 6.07) is 0. The van der Waals surface area contributed by atoms with E-state index in [1.807, 2.05) is 0 Å². The van der Waals surface area contributed by atoms with Gasteiger partial charge in [-0.05, 0) is 24.6 Å². The molecular formula is C20H44O6Si. The van der Waals surface area contributed by atoms with Crippen molar-refractivity contribution in [2.75, 3.05) is 72.7 Å². The average molecular weight is 409 g/mol. The van der Waals surface area contributed by atoms with Gasteiger partial charge in [-0.25, -0.2) is 0 Å². The Morgan fingerprint density at radius 1 is 0.556 bits per heavy atom. The summed E-state index contributed by atoms with van der Waals surface area (Å²) in [6.45, 7) is 20.2. The lowest BCUT2D eigenvalue weighted by Crippen LogP contribution is -2.41. The molecule has 27 heavy (non-hydrogen) atoms. The normalized spacial score (nSPS) is 12.7. The molecule has 0 aromatic heterocycles. The van der Waals surface area contributed by atoms with Crippen LogP contribution in [0.1, 0.15) is 40.5 Å². The third kappa shape index (κ3) is 16.6. The summed E-state index contributed by atoms with van der Waals surface area (Å²) in [5, 5.41) is 0.240. The molecule has 6 nitrogen and oxygen atoms in total. The van der Waals surface area contributed by atoms with E-state index >= 15 is 0 Å². The molecule has 0 aromatic rings. The number of ether oxygens (including phenoxy) is 5. The first-order valence-electron chi connectivity index (χ1n) is 10.3. The maximum atomic E-state index is 6.05. The van der Waals surface area contributed by atoms with Gasteiger partial charge in [-0.15, -0.1) is 0 Å². The van der Waals surface area contributed by atoms with Gasteiger partial charge < -0.3 is 28.1 Å². The van der Waals surface area contributed by atoms with Crippen molar-refractivity contribution >= 4 is 8.32 Å². The molecule has 0 aliphatic heterocycles. The lowest BCUT2D eigenvalue weighted by molar-refractivity contribution is -0.0130. The molecule has 0 aromatic carbocycles. The molecule has 0 rings (SSSR count). The van der Waals surface area contributed by atoms with E-state index in [4.69, 9.17) is 28.1 Å². The lowest BCUT2D eigenvalue weighted by Gasteiger charge is -2.36. The highest BCUT2D eigenvalue weighted by Crippen LogP contribution is 2.36. The molecular weight excluding hydrogens is 364 g/mol. The molecule has 0 amide bonds. The molecule has 0 fully saturated rings. The molecule has 164 valence electrons. The number of unbranched alkanes of at least 4 members (excludes halogenated alkanes) is 1. The largest absolute Gasteiger partial charge is 0.414 e. The van der Waals surface area contributed by atoms with Gasteiger partial charge in [0.25, 0.3) is 0 Å². The summed E-state index contributed by atoms with van der Waals surface area (Å²) in [4.78, 5) is 0. The summed E-state index contributed by atoms with van der Waals surface area (Å²) in [6.07, 6.45) is 2.27. The molecule has 0 radical (unpaired) electrons. The van der Waals surface area contributed by atoms with E-state index in [2.05, 4.69) is 40.8 Å². The van der Waals surface area contributed by atoms with E-state index in [1.165, 1.54) is 0 Å². The smallest absolute Gasteiger partial charge is 0.192 e. The van der Waals surface area contributed by atoms with Gasteiger partial charge >= 0.3 is 0 Å². The van der Waals surface area contributed by atoms with E-state index in [9.17, 15) is 0 Å². The predicted octanol–water partition coefficient (Wildman–Crippen LogP) is 3.89. The van der Waals surface area contributed by atoms with E-state index in [0.717, 1.165) is 19.4 Å². The van der Waals surface area contributed by atoms with Crippen molar-refractivity contribution in [3.05, 3.63) is 0 Å². The Morgan fingerprint density at radius 3 is 1.22 bits per heavy atom. The quantitative estimate of drug-likeness (QED) is 0.239. The minimum Gasteiger partial charge on any atom is -0.414 e. The highest BCUT2D eigenvalue weighted by Gasteiger charge is 2.36. The van der Waals surface area contributed by atoms with Crippen LogP contribution >= 0.6 is 0 Å². The molecule has 0 atom stereocenters. The van der Waals surface area contributed by atoms with Crippen LogP contribution in [0, 0.1) is 0 Å². The predicted molar refractivity (Wildman–Crippen MR) is 112 cm³/mol. The van der Waals surface area contributed by atoms with E-state index in [1.54, 1.807) is 0 Å². The van der Waals surface area contributed by atoms with E-state index in [0.29, 0.717) is 66.1 Å². The van der Waals surface area contributed by atoms with Gasteiger partial charge in [0.1, 0.15) is 0 Å². The van der Waals surface area contributed by atoms with Gasteiger partial charge in [0.15, 0.2) is 8.32 Å². The van der Waals surface area contributed by atoms with Crippen molar-refractivity contribution in [2.45, 2.75) is 58.7 Å². The van der Waals surface area contributed by atoms with Crippen LogP contribution in [0.5, 0.6) is 0 Å². The first kappa shape index (κ1) is 27.0. The number of hydrogen-bond acceptors (Lipinski definition) is 6. The molecule has 0 saturated carbocycles. The maximum absolute atomic E-state index is 6.05. The zero-order chi connectivity index (χ0) is 20.4. The Hall–Kier alpha value is -0.0231. The summed E-state index contributed by atoms with van der Waals surface area (Å²) < 4.78 is 33.4. The van der Waals surface area contributed by atoms with Crippen molar-refractivity contribution in [3.8, 4) is 0 Å². The Balaban J connectivity index is 3.19. The summed E-state index contributed by atoms with van der Waals surface area (Å²) in [7, 11) is -1.66. The fourth-order valence-electron chi connectivity index (χ4n) is 1.80. The Morgan fingerprint density at radius 2 is 0.889 bits per heavy atom. The van der Waals surface area contributed by atoms with Crippen LogP contribution in [-0.2, 0) is 28.1 Å². The Labute approximate surface area is 168 Å². The van der Waals surface area contributed by atoms with Crippen LogP contribution in [0.2, 0.25) is 18.1 Å². The molecule has 0 aliphatic carbocycles. The van der Waals surface area contributed by atoms with Gasteiger partial charge in [0, 0.05) is 6.61 Å². The number of rotatable bonds is 19. The van der Waals surface area contributed by atoms with Crippen LogP contribution in [0.15, 0.2) is 0 Å². The van der Waals surface area contributed by atoms with Crippen molar-refractivity contribution in [1.29, 1.82) is 0 Å². The highest BCUT2D eigenvalue weighted by atomic mass is 28.4. The summed E-state index contributed by atoms with van der Waals surface area (Å²) in [5.74, 6) is 0. The first-order chi connectivity index (χ1) is 12.8. The summed E-state index contributed by atoms with van der Waals surface area (Å²) in [5.41, 5.74) is 0. The minimum absolute atomic E-state index is 0.240. The monoisotopic (exact) mass is 408 g/mol. The molecule has 0 saturated heterocycles. The SMILES string of the molecule is CCCCOCCOCCOCCOCCOCCO[Si](C)(C)C(C)(C)C. The molecule has 0 unspecified atom stereocenters. The van der Waals surface area contributed by atoms with Crippen LogP contribution < -0.4 is 0 Å². The summed E-state index contributed by atoms with van der Waals surface area (Å²) >= 11 is 0. The molecule has 0 bridgehead atoms. The van der Waals surface area contributed by atoms with Crippen molar-refractivity contribution < 1.29 is 28.1 Å². The van der Waals surface area contributed by atoms with Crippen molar-refractivity contribution in [1.82, 2.24) is 0 Å². The molecule has 0 N–H and O–H groups in total. The van der Waals surface area contributed by atoms with Gasteiger partial charge in [-0.3, -0.25) is 0 Å². The molecule has 0 heterocycles. The topological polar surface area (TPSA) is 55.4 Å². The van der Waals surface area contributed by atoms with Crippen LogP contribution in [0.25, 0.3) is 0 Å². The van der Waals surface area contributed by atoms with Crippen molar-refractivity contribution in [2.24, 2.45) is 0 Å². The van der Waals surface area contributed by atoms with Gasteiger partial charge in [-0.1, -0.05) is 34.1 Å². The fraction of sp³-hybridized carbons (Fsp3) is 1.00. The van der Waals surface area contributed by atoms with Gasteiger partial charge in [0.05, 0.1) is 66.1 Å². The number of hydrogen-bond donors (Lipinski definition) is 0. The van der Waals surface area contributed by atoms with E-state index < -0.39 is 8.32 Å². The van der Waals surface area contributed by atoms with Crippen molar-refractivity contribution in [3.63, 3.8) is 0 Å². The average Bonchev–Trinajstić information content (AvgIpc) is 2.59. The van der Waals surface area contributed by atoms with Crippen LogP contribution in [0.3, 0.4) is 0 Å². The van der Waals surface area contributed by atoms with Crippen LogP contribution in [-0.4, -0.2) is 81.0 Å². The second-order valence-corrected chi connectivity index (χ2v) is 12.8. The molecule has 0 aliphatic rings. The zero-order valence-electron chi connectivity index (χ0n) is 18.6. The molecule has 7 heteroatoms. The zero-order valence-corrected chi connectivity index (χ0v) is 19.6. The first-order valence-corrected chi connectivity index (χ1v) is 13.2. The van der Waals surface area contributed by atoms with Gasteiger partial charge in [-0.2, -0.15) is 0 Å². The van der Waals surface area contributed by atoms with E-state index in [-0.39, 0.29) is 5.04 Å². The molecule has 0 spiro atoms. The Bertz CT molecular complexity index is 320. The fourth-order valence-corrected chi connectivity index (χ4v) is 2.83. The standard InChI is InChI=1S/C20H44O6Si/c1-7-8-9-21-10-11-22-12-13-23-14-15-24-16-17-25-18-19-26-27(5,6)20(2,3)4/h7-19H2,1-6H3. The highest BCUT2D eigenvalue weighted by molar-refractivity contribution is 6.74. The maximum Gasteiger partial charge on any atom is 0.192 e. The third-order valence-electron chi connectivity index (χ3n) is 4.63. The second kappa shape index (κ2) is 16.9.